The minimum Gasteiger partial charge on any atom is -0.368 e. The molecule has 1 aliphatic heterocycles. The van der Waals surface area contributed by atoms with Gasteiger partial charge in [0.15, 0.2) is 0 Å². The third-order valence-corrected chi connectivity index (χ3v) is 3.42. The summed E-state index contributed by atoms with van der Waals surface area (Å²) in [5.74, 6) is -0.0247. The van der Waals surface area contributed by atoms with E-state index < -0.39 is 0 Å². The van der Waals surface area contributed by atoms with E-state index in [9.17, 15) is 4.79 Å². The third kappa shape index (κ3) is 4.62. The second-order valence-electron chi connectivity index (χ2n) is 5.22. The normalized spacial score (nSPS) is 18.8. The highest BCUT2D eigenvalue weighted by atomic mass is 16.5. The Kier molecular flexibility index (Phi) is 6.02. The van der Waals surface area contributed by atoms with Gasteiger partial charge in [0.1, 0.15) is 6.10 Å². The number of rotatable bonds is 6. The van der Waals surface area contributed by atoms with Gasteiger partial charge in [0.25, 0.3) is 5.91 Å². The first-order valence-corrected chi connectivity index (χ1v) is 7.51. The maximum Gasteiger partial charge on any atom is 0.253 e. The Balaban J connectivity index is 1.88. The molecule has 0 radical (unpaired) electrons. The summed E-state index contributed by atoms with van der Waals surface area (Å²) in [5, 5.41) is 6.31. The topological polar surface area (TPSA) is 50.4 Å². The van der Waals surface area contributed by atoms with Crippen molar-refractivity contribution in [1.29, 1.82) is 0 Å². The third-order valence-electron chi connectivity index (χ3n) is 3.42. The Hall–Kier alpha value is -1.39. The van der Waals surface area contributed by atoms with Crippen molar-refractivity contribution in [1.82, 2.24) is 5.32 Å². The van der Waals surface area contributed by atoms with E-state index in [2.05, 4.69) is 23.6 Å². The molecular weight excluding hydrogens is 252 g/mol. The predicted octanol–water partition coefficient (Wildman–Crippen LogP) is 2.69. The van der Waals surface area contributed by atoms with Crippen LogP contribution < -0.4 is 10.6 Å². The molecule has 0 bridgehead atoms. The monoisotopic (exact) mass is 276 g/mol. The molecule has 1 unspecified atom stereocenters. The standard InChI is InChI=1S/C16H24N2O2/c1-2-9-17-12-13-6-5-7-14(11-13)18-16(19)15-8-3-4-10-20-15/h5-7,11,15,17H,2-4,8-10,12H2,1H3,(H,18,19). The van der Waals surface area contributed by atoms with E-state index in [1.54, 1.807) is 0 Å². The van der Waals surface area contributed by atoms with Crippen LogP contribution in [-0.2, 0) is 16.1 Å². The number of carbonyl (C=O) groups excluding carboxylic acids is 1. The molecular formula is C16H24N2O2. The fourth-order valence-electron chi connectivity index (χ4n) is 2.34. The van der Waals surface area contributed by atoms with Crippen LogP contribution in [0, 0.1) is 0 Å². The van der Waals surface area contributed by atoms with E-state index in [-0.39, 0.29) is 12.0 Å². The number of amides is 1. The van der Waals surface area contributed by atoms with Crippen molar-refractivity contribution < 1.29 is 9.53 Å². The molecule has 1 amide bonds. The van der Waals surface area contributed by atoms with Crippen molar-refractivity contribution in [3.8, 4) is 0 Å². The van der Waals surface area contributed by atoms with Crippen LogP contribution in [0.25, 0.3) is 0 Å². The van der Waals surface area contributed by atoms with Gasteiger partial charge in [-0.3, -0.25) is 4.79 Å². The molecule has 1 heterocycles. The molecule has 2 N–H and O–H groups in total. The lowest BCUT2D eigenvalue weighted by atomic mass is 10.1. The van der Waals surface area contributed by atoms with Gasteiger partial charge in [-0.25, -0.2) is 0 Å². The molecule has 0 saturated carbocycles. The zero-order chi connectivity index (χ0) is 14.2. The van der Waals surface area contributed by atoms with Crippen LogP contribution in [0.5, 0.6) is 0 Å². The van der Waals surface area contributed by atoms with Gasteiger partial charge < -0.3 is 15.4 Å². The maximum atomic E-state index is 12.1. The van der Waals surface area contributed by atoms with Gasteiger partial charge in [-0.15, -0.1) is 0 Å². The summed E-state index contributed by atoms with van der Waals surface area (Å²) in [6.45, 7) is 4.68. The fourth-order valence-corrected chi connectivity index (χ4v) is 2.34. The molecule has 20 heavy (non-hydrogen) atoms. The van der Waals surface area contributed by atoms with E-state index >= 15 is 0 Å². The van der Waals surface area contributed by atoms with Gasteiger partial charge >= 0.3 is 0 Å². The van der Waals surface area contributed by atoms with Crippen LogP contribution in [0.1, 0.15) is 38.2 Å². The molecule has 1 saturated heterocycles. The second-order valence-corrected chi connectivity index (χ2v) is 5.22. The van der Waals surface area contributed by atoms with Crippen LogP contribution in [0.3, 0.4) is 0 Å². The van der Waals surface area contributed by atoms with E-state index in [0.717, 1.165) is 44.5 Å². The molecule has 2 rings (SSSR count). The Morgan fingerprint density at radius 1 is 1.40 bits per heavy atom. The van der Waals surface area contributed by atoms with Gasteiger partial charge in [0, 0.05) is 18.8 Å². The molecule has 0 aliphatic carbocycles. The SMILES string of the molecule is CCCNCc1cccc(NC(=O)C2CCCCO2)c1. The zero-order valence-corrected chi connectivity index (χ0v) is 12.2. The number of anilines is 1. The summed E-state index contributed by atoms with van der Waals surface area (Å²) < 4.78 is 5.50. The summed E-state index contributed by atoms with van der Waals surface area (Å²) in [6.07, 6.45) is 3.78. The Morgan fingerprint density at radius 2 is 2.30 bits per heavy atom. The quantitative estimate of drug-likeness (QED) is 0.785. The van der Waals surface area contributed by atoms with Crippen LogP contribution >= 0.6 is 0 Å². The average Bonchev–Trinajstić information content (AvgIpc) is 2.49. The summed E-state index contributed by atoms with van der Waals surface area (Å²) in [7, 11) is 0. The molecule has 4 nitrogen and oxygen atoms in total. The van der Waals surface area contributed by atoms with Gasteiger partial charge in [-0.1, -0.05) is 19.1 Å². The van der Waals surface area contributed by atoms with Crippen molar-refractivity contribution in [2.24, 2.45) is 0 Å². The lowest BCUT2D eigenvalue weighted by Crippen LogP contribution is -2.33. The van der Waals surface area contributed by atoms with Crippen molar-refractivity contribution in [2.45, 2.75) is 45.3 Å². The van der Waals surface area contributed by atoms with Crippen molar-refractivity contribution >= 4 is 11.6 Å². The maximum absolute atomic E-state index is 12.1. The van der Waals surface area contributed by atoms with Crippen molar-refractivity contribution in [3.63, 3.8) is 0 Å². The molecule has 1 aromatic carbocycles. The predicted molar refractivity (Wildman–Crippen MR) is 80.7 cm³/mol. The molecule has 1 fully saturated rings. The minimum atomic E-state index is -0.286. The van der Waals surface area contributed by atoms with E-state index in [1.165, 1.54) is 5.56 Å². The minimum absolute atomic E-state index is 0.0247. The van der Waals surface area contributed by atoms with Crippen LogP contribution in [0.2, 0.25) is 0 Å². The number of carbonyl (C=O) groups is 1. The van der Waals surface area contributed by atoms with Crippen molar-refractivity contribution in [2.75, 3.05) is 18.5 Å². The lowest BCUT2D eigenvalue weighted by molar-refractivity contribution is -0.129. The van der Waals surface area contributed by atoms with Gasteiger partial charge in [-0.2, -0.15) is 0 Å². The zero-order valence-electron chi connectivity index (χ0n) is 12.2. The van der Waals surface area contributed by atoms with E-state index in [1.807, 2.05) is 18.2 Å². The van der Waals surface area contributed by atoms with Crippen LogP contribution in [-0.4, -0.2) is 25.2 Å². The molecule has 0 aromatic heterocycles. The first-order valence-electron chi connectivity index (χ1n) is 7.51. The number of benzene rings is 1. The largest absolute Gasteiger partial charge is 0.368 e. The molecule has 1 aliphatic rings. The first-order chi connectivity index (χ1) is 9.79. The fraction of sp³-hybridized carbons (Fsp3) is 0.562. The summed E-state index contributed by atoms with van der Waals surface area (Å²) in [6, 6.07) is 7.98. The van der Waals surface area contributed by atoms with Crippen molar-refractivity contribution in [3.05, 3.63) is 29.8 Å². The molecule has 1 aromatic rings. The lowest BCUT2D eigenvalue weighted by Gasteiger charge is -2.21. The number of ether oxygens (including phenoxy) is 1. The molecule has 110 valence electrons. The first kappa shape index (κ1) is 15.0. The highest BCUT2D eigenvalue weighted by Gasteiger charge is 2.21. The Morgan fingerprint density at radius 3 is 3.05 bits per heavy atom. The van der Waals surface area contributed by atoms with Gasteiger partial charge in [-0.05, 0) is 49.9 Å². The van der Waals surface area contributed by atoms with Gasteiger partial charge in [0.05, 0.1) is 0 Å². The number of nitrogens with one attached hydrogen (secondary N) is 2. The van der Waals surface area contributed by atoms with Gasteiger partial charge in [0.2, 0.25) is 0 Å². The number of hydrogen-bond acceptors (Lipinski definition) is 3. The van der Waals surface area contributed by atoms with Crippen LogP contribution in [0.4, 0.5) is 5.69 Å². The average molecular weight is 276 g/mol. The Labute approximate surface area is 120 Å². The summed E-state index contributed by atoms with van der Waals surface area (Å²) in [4.78, 5) is 12.1. The highest BCUT2D eigenvalue weighted by Crippen LogP contribution is 2.16. The molecule has 4 heteroatoms. The smallest absolute Gasteiger partial charge is 0.253 e. The highest BCUT2D eigenvalue weighted by molar-refractivity contribution is 5.94. The Bertz CT molecular complexity index is 428. The second kappa shape index (κ2) is 8.02. The molecule has 1 atom stereocenters. The van der Waals surface area contributed by atoms with E-state index in [0.29, 0.717) is 6.61 Å². The number of hydrogen-bond donors (Lipinski definition) is 2. The summed E-state index contributed by atoms with van der Waals surface area (Å²) >= 11 is 0. The summed E-state index contributed by atoms with van der Waals surface area (Å²) in [5.41, 5.74) is 2.03. The van der Waals surface area contributed by atoms with E-state index in [4.69, 9.17) is 4.74 Å². The molecule has 0 spiro atoms. The van der Waals surface area contributed by atoms with Crippen LogP contribution in [0.15, 0.2) is 24.3 Å².